The zero-order valence-corrected chi connectivity index (χ0v) is 14.0. The highest BCUT2D eigenvalue weighted by molar-refractivity contribution is 5.93. The van der Waals surface area contributed by atoms with Crippen LogP contribution in [-0.2, 0) is 11.3 Å². The molecule has 1 amide bonds. The molecule has 0 spiro atoms. The van der Waals surface area contributed by atoms with Gasteiger partial charge in [0.1, 0.15) is 5.69 Å². The van der Waals surface area contributed by atoms with Crippen LogP contribution < -0.4 is 5.32 Å². The van der Waals surface area contributed by atoms with Gasteiger partial charge >= 0.3 is 0 Å². The summed E-state index contributed by atoms with van der Waals surface area (Å²) >= 11 is 0. The number of hydrogen-bond donors (Lipinski definition) is 1. The number of amides is 1. The summed E-state index contributed by atoms with van der Waals surface area (Å²) in [5.74, 6) is 1.54. The summed E-state index contributed by atoms with van der Waals surface area (Å²) in [7, 11) is 1.76. The monoisotopic (exact) mass is 305 g/mol. The van der Waals surface area contributed by atoms with Crippen molar-refractivity contribution in [3.63, 3.8) is 0 Å². The van der Waals surface area contributed by atoms with Gasteiger partial charge in [0.05, 0.1) is 17.8 Å². The highest BCUT2D eigenvalue weighted by Gasteiger charge is 2.53. The van der Waals surface area contributed by atoms with Gasteiger partial charge in [-0.15, -0.1) is 0 Å². The van der Waals surface area contributed by atoms with Crippen LogP contribution in [0.3, 0.4) is 0 Å². The van der Waals surface area contributed by atoms with Gasteiger partial charge in [-0.05, 0) is 43.6 Å². The van der Waals surface area contributed by atoms with Gasteiger partial charge in [0.2, 0.25) is 0 Å². The molecule has 0 bridgehead atoms. The molecule has 4 atom stereocenters. The Hall–Kier alpha value is -1.36. The van der Waals surface area contributed by atoms with Crippen molar-refractivity contribution in [2.75, 3.05) is 7.11 Å². The zero-order chi connectivity index (χ0) is 15.9. The molecule has 2 aliphatic carbocycles. The summed E-state index contributed by atoms with van der Waals surface area (Å²) in [6.07, 6.45) is 3.88. The van der Waals surface area contributed by atoms with Crippen LogP contribution in [0.25, 0.3) is 0 Å². The second kappa shape index (κ2) is 6.03. The average Bonchev–Trinajstić information content (AvgIpc) is 3.09. The lowest BCUT2D eigenvalue weighted by molar-refractivity contribution is -0.0792. The van der Waals surface area contributed by atoms with Crippen LogP contribution in [0.1, 0.15) is 62.1 Å². The topological polar surface area (TPSA) is 56.2 Å². The average molecular weight is 305 g/mol. The van der Waals surface area contributed by atoms with Gasteiger partial charge in [0.25, 0.3) is 5.91 Å². The summed E-state index contributed by atoms with van der Waals surface area (Å²) in [6.45, 7) is 6.92. The minimum atomic E-state index is -0.0151. The van der Waals surface area contributed by atoms with E-state index in [0.29, 0.717) is 30.0 Å². The number of ether oxygens (including phenoxy) is 1. The number of aromatic nitrogens is 2. The van der Waals surface area contributed by atoms with Crippen molar-refractivity contribution >= 4 is 5.91 Å². The summed E-state index contributed by atoms with van der Waals surface area (Å²) in [5, 5.41) is 7.74. The van der Waals surface area contributed by atoms with Gasteiger partial charge < -0.3 is 10.1 Å². The van der Waals surface area contributed by atoms with Crippen LogP contribution in [0.2, 0.25) is 0 Å². The molecule has 0 aromatic carbocycles. The third-order valence-corrected chi connectivity index (χ3v) is 5.35. The van der Waals surface area contributed by atoms with E-state index in [4.69, 9.17) is 4.74 Å². The number of rotatable bonds is 5. The maximum atomic E-state index is 12.7. The number of nitrogens with zero attached hydrogens (tertiary/aromatic N) is 2. The molecule has 0 radical (unpaired) electrons. The third-order valence-electron chi connectivity index (χ3n) is 5.35. The van der Waals surface area contributed by atoms with Crippen molar-refractivity contribution in [1.29, 1.82) is 0 Å². The van der Waals surface area contributed by atoms with Crippen LogP contribution in [-0.4, -0.2) is 34.9 Å². The summed E-state index contributed by atoms with van der Waals surface area (Å²) in [4.78, 5) is 12.7. The van der Waals surface area contributed by atoms with E-state index in [1.54, 1.807) is 11.8 Å². The number of nitrogens with one attached hydrogen (secondary N) is 1. The summed E-state index contributed by atoms with van der Waals surface area (Å²) < 4.78 is 7.42. The highest BCUT2D eigenvalue weighted by atomic mass is 16.5. The van der Waals surface area contributed by atoms with Crippen molar-refractivity contribution in [1.82, 2.24) is 15.1 Å². The van der Waals surface area contributed by atoms with Crippen LogP contribution in [0.5, 0.6) is 0 Å². The van der Waals surface area contributed by atoms with Gasteiger partial charge in [-0.25, -0.2) is 0 Å². The van der Waals surface area contributed by atoms with Crippen LogP contribution in [0, 0.1) is 11.8 Å². The quantitative estimate of drug-likeness (QED) is 0.909. The van der Waals surface area contributed by atoms with Gasteiger partial charge in [-0.2, -0.15) is 5.10 Å². The molecule has 2 aliphatic rings. The number of carbonyl (C=O) groups is 1. The lowest BCUT2D eigenvalue weighted by atomic mass is 9.68. The molecular weight excluding hydrogens is 278 g/mol. The van der Waals surface area contributed by atoms with Crippen LogP contribution in [0.15, 0.2) is 6.07 Å². The molecule has 1 aromatic rings. The maximum Gasteiger partial charge on any atom is 0.269 e. The van der Waals surface area contributed by atoms with E-state index < -0.39 is 0 Å². The molecule has 1 N–H and O–H groups in total. The lowest BCUT2D eigenvalue weighted by Crippen LogP contribution is -2.62. The number of hydrogen-bond acceptors (Lipinski definition) is 3. The lowest BCUT2D eigenvalue weighted by Gasteiger charge is -2.48. The van der Waals surface area contributed by atoms with E-state index in [-0.39, 0.29) is 18.1 Å². The van der Waals surface area contributed by atoms with E-state index >= 15 is 0 Å². The smallest absolute Gasteiger partial charge is 0.269 e. The first-order valence-electron chi connectivity index (χ1n) is 8.48. The third kappa shape index (κ3) is 2.45. The van der Waals surface area contributed by atoms with E-state index in [1.807, 2.05) is 13.0 Å². The molecule has 5 heteroatoms. The predicted molar refractivity (Wildman–Crippen MR) is 84.9 cm³/mol. The molecule has 3 rings (SSSR count). The first kappa shape index (κ1) is 15.5. The molecule has 4 unspecified atom stereocenters. The molecule has 2 saturated carbocycles. The number of aryl methyl sites for hydroxylation is 1. The molecule has 1 aromatic heterocycles. The number of fused-ring (bicyclic) bond motifs is 1. The van der Waals surface area contributed by atoms with Crippen molar-refractivity contribution in [2.45, 2.75) is 64.6 Å². The molecular formula is C17H27N3O2. The minimum Gasteiger partial charge on any atom is -0.379 e. The number of carbonyl (C=O) groups excluding carboxylic acids is 1. The van der Waals surface area contributed by atoms with Gasteiger partial charge in [-0.1, -0.05) is 20.3 Å². The van der Waals surface area contributed by atoms with Crippen molar-refractivity contribution in [3.8, 4) is 0 Å². The van der Waals surface area contributed by atoms with E-state index in [0.717, 1.165) is 5.69 Å². The fourth-order valence-electron chi connectivity index (χ4n) is 4.11. The second-order valence-electron chi connectivity index (χ2n) is 6.88. The van der Waals surface area contributed by atoms with E-state index in [1.165, 1.54) is 19.3 Å². The fraction of sp³-hybridized carbons (Fsp3) is 0.765. The first-order valence-corrected chi connectivity index (χ1v) is 8.48. The molecule has 5 nitrogen and oxygen atoms in total. The Kier molecular flexibility index (Phi) is 4.26. The van der Waals surface area contributed by atoms with E-state index in [2.05, 4.69) is 24.3 Å². The maximum absolute atomic E-state index is 12.7. The minimum absolute atomic E-state index is 0.0151. The summed E-state index contributed by atoms with van der Waals surface area (Å²) in [5.41, 5.74) is 1.64. The Morgan fingerprint density at radius 3 is 2.82 bits per heavy atom. The largest absolute Gasteiger partial charge is 0.379 e. The van der Waals surface area contributed by atoms with Gasteiger partial charge in [-0.3, -0.25) is 9.48 Å². The molecule has 2 fully saturated rings. The zero-order valence-electron chi connectivity index (χ0n) is 14.0. The molecule has 22 heavy (non-hydrogen) atoms. The normalized spacial score (nSPS) is 30.2. The molecule has 1 heterocycles. The van der Waals surface area contributed by atoms with Crippen LogP contribution in [0.4, 0.5) is 0 Å². The Bertz CT molecular complexity index is 552. The predicted octanol–water partition coefficient (Wildman–Crippen LogP) is 2.57. The highest BCUT2D eigenvalue weighted by Crippen LogP contribution is 2.48. The first-order chi connectivity index (χ1) is 10.6. The number of methoxy groups -OCH3 is 1. The Morgan fingerprint density at radius 1 is 1.45 bits per heavy atom. The molecule has 0 saturated heterocycles. The second-order valence-corrected chi connectivity index (χ2v) is 6.88. The van der Waals surface area contributed by atoms with Crippen LogP contribution >= 0.6 is 0 Å². The molecule has 0 aliphatic heterocycles. The fourth-order valence-corrected chi connectivity index (χ4v) is 4.11. The van der Waals surface area contributed by atoms with Gasteiger partial charge in [0.15, 0.2) is 0 Å². The van der Waals surface area contributed by atoms with Crippen molar-refractivity contribution in [2.24, 2.45) is 11.8 Å². The Morgan fingerprint density at radius 2 is 2.18 bits per heavy atom. The Labute approximate surface area is 132 Å². The summed E-state index contributed by atoms with van der Waals surface area (Å²) in [6, 6.07) is 2.09. The van der Waals surface area contributed by atoms with Crippen molar-refractivity contribution in [3.05, 3.63) is 17.5 Å². The van der Waals surface area contributed by atoms with Gasteiger partial charge in [0, 0.05) is 13.7 Å². The van der Waals surface area contributed by atoms with Crippen molar-refractivity contribution < 1.29 is 9.53 Å². The van der Waals surface area contributed by atoms with E-state index in [9.17, 15) is 4.79 Å². The standard InChI is InChI=1S/C17H27N3O2/c1-5-20-14(9-13(19-20)10(2)3)17(21)18-15-11-7-6-8-12(11)16(15)22-4/h9-12,15-16H,5-8H2,1-4H3,(H,18,21). The SMILES string of the molecule is CCn1nc(C(C)C)cc1C(=O)NC1C2CCCC2C1OC. The molecule has 122 valence electrons. The Balaban J connectivity index is 1.74.